The van der Waals surface area contributed by atoms with Crippen LogP contribution in [0.25, 0.3) is 5.65 Å². The van der Waals surface area contributed by atoms with Crippen LogP contribution in [-0.2, 0) is 0 Å². The van der Waals surface area contributed by atoms with Crippen molar-refractivity contribution < 1.29 is 18.7 Å². The van der Waals surface area contributed by atoms with E-state index in [2.05, 4.69) is 10.3 Å². The molecule has 0 amide bonds. The molecule has 1 aliphatic heterocycles. The molecule has 3 atom stereocenters. The van der Waals surface area contributed by atoms with E-state index in [1.807, 2.05) is 12.1 Å². The fraction of sp³-hybridized carbons (Fsp3) is 0.360. The number of carbonyl (C=O) groups is 1. The van der Waals surface area contributed by atoms with Gasteiger partial charge < -0.3 is 15.3 Å². The molecule has 0 radical (unpaired) electrons. The molecular weight excluding hydrogens is 456 g/mol. The zero-order valence-corrected chi connectivity index (χ0v) is 19.1. The lowest BCUT2D eigenvalue weighted by atomic mass is 10.0. The number of aromatic nitrogens is 2. The lowest BCUT2D eigenvalue weighted by Gasteiger charge is -2.34. The monoisotopic (exact) mass is 479 g/mol. The van der Waals surface area contributed by atoms with E-state index in [1.54, 1.807) is 38.2 Å². The molecule has 3 unspecified atom stereocenters. The van der Waals surface area contributed by atoms with Crippen molar-refractivity contribution in [3.05, 3.63) is 69.1 Å². The summed E-state index contributed by atoms with van der Waals surface area (Å²) in [7, 11) is 0. The second-order valence-corrected chi connectivity index (χ2v) is 9.35. The molecule has 35 heavy (non-hydrogen) atoms. The van der Waals surface area contributed by atoms with Gasteiger partial charge in [-0.05, 0) is 49.9 Å². The minimum atomic E-state index is -2.91. The number of para-hydroxylation sites is 1. The zero-order chi connectivity index (χ0) is 25.1. The number of carboxylic acids is 1. The largest absolute Gasteiger partial charge is 0.478 e. The normalized spacial score (nSPS) is 21.2. The average Bonchev–Trinajstić information content (AvgIpc) is 3.35. The Labute approximate surface area is 199 Å². The number of alkyl halides is 2. The highest BCUT2D eigenvalue weighted by atomic mass is 19.3. The number of aromatic carboxylic acids is 1. The van der Waals surface area contributed by atoms with Crippen LogP contribution in [-0.4, -0.2) is 39.0 Å². The number of anilines is 2. The maximum absolute atomic E-state index is 14.5. The Morgan fingerprint density at radius 2 is 2.11 bits per heavy atom. The van der Waals surface area contributed by atoms with Crippen molar-refractivity contribution in [2.45, 2.75) is 44.7 Å². The number of nitrogens with one attached hydrogen (secondary N) is 1. The second kappa shape index (κ2) is 8.05. The first-order chi connectivity index (χ1) is 16.6. The Kier molecular flexibility index (Phi) is 5.24. The average molecular weight is 479 g/mol. The predicted molar refractivity (Wildman–Crippen MR) is 125 cm³/mol. The van der Waals surface area contributed by atoms with Crippen LogP contribution in [0.2, 0.25) is 0 Å². The van der Waals surface area contributed by atoms with Gasteiger partial charge in [-0.2, -0.15) is 5.26 Å². The number of aryl methyl sites for hydroxylation is 1. The fourth-order valence-corrected chi connectivity index (χ4v) is 5.35. The van der Waals surface area contributed by atoms with Crippen LogP contribution < -0.4 is 15.8 Å². The number of carboxylic acid groups (broad SMARTS) is 1. The lowest BCUT2D eigenvalue weighted by molar-refractivity contribution is -0.0206. The molecule has 1 aliphatic carbocycles. The predicted octanol–water partition coefficient (Wildman–Crippen LogP) is 3.98. The van der Waals surface area contributed by atoms with Gasteiger partial charge in [0.15, 0.2) is 11.4 Å². The topological polar surface area (TPSA) is 111 Å². The number of pyridine rings is 1. The first-order valence-corrected chi connectivity index (χ1v) is 11.3. The molecule has 3 heterocycles. The van der Waals surface area contributed by atoms with Crippen LogP contribution in [0.1, 0.15) is 52.9 Å². The van der Waals surface area contributed by atoms with Crippen molar-refractivity contribution in [3.8, 4) is 6.07 Å². The molecule has 2 bridgehead atoms. The third kappa shape index (κ3) is 3.67. The van der Waals surface area contributed by atoms with Crippen LogP contribution in [0, 0.1) is 24.2 Å². The van der Waals surface area contributed by atoms with Gasteiger partial charge in [0.2, 0.25) is 0 Å². The first kappa shape index (κ1) is 22.8. The summed E-state index contributed by atoms with van der Waals surface area (Å²) in [6.45, 7) is 3.90. The van der Waals surface area contributed by atoms with Gasteiger partial charge in [0.05, 0.1) is 17.6 Å². The first-order valence-electron chi connectivity index (χ1n) is 11.3. The number of piperidine rings is 1. The molecule has 2 N–H and O–H groups in total. The minimum absolute atomic E-state index is 0.0207. The van der Waals surface area contributed by atoms with Crippen LogP contribution in [0.4, 0.5) is 20.3 Å². The summed E-state index contributed by atoms with van der Waals surface area (Å²) >= 11 is 0. The highest BCUT2D eigenvalue weighted by molar-refractivity contribution is 5.94. The SMILES string of the molecule is Cc1cc(C(C)Nc2ccccc2C(=O)O)c2nc(N3CC4CC3C(F)(F)C4)c(C#N)c(=O)n2c1. The molecule has 180 valence electrons. The summed E-state index contributed by atoms with van der Waals surface area (Å²) in [6.07, 6.45) is 1.65. The molecule has 2 aliphatic rings. The van der Waals surface area contributed by atoms with Crippen molar-refractivity contribution in [1.82, 2.24) is 9.38 Å². The van der Waals surface area contributed by atoms with Crippen molar-refractivity contribution in [1.29, 1.82) is 5.26 Å². The van der Waals surface area contributed by atoms with Gasteiger partial charge >= 0.3 is 5.97 Å². The number of hydrogen-bond acceptors (Lipinski definition) is 6. The smallest absolute Gasteiger partial charge is 0.337 e. The standard InChI is InChI=1S/C25H23F2N5O3/c1-13-7-17(14(2)29-19-6-4-3-5-16(19)24(34)35)21-30-22(18(10-28)23(33)32(21)11-13)31-12-15-8-20(31)25(26,27)9-15/h3-7,11,14-15,20,29H,8-9,12H2,1-2H3,(H,34,35). The van der Waals surface area contributed by atoms with E-state index in [4.69, 9.17) is 0 Å². The third-order valence-corrected chi connectivity index (χ3v) is 6.89. The number of halogens is 2. The fourth-order valence-electron chi connectivity index (χ4n) is 5.35. The molecule has 0 spiro atoms. The summed E-state index contributed by atoms with van der Waals surface area (Å²) < 4.78 is 30.3. The lowest BCUT2D eigenvalue weighted by Crippen LogP contribution is -2.47. The molecule has 3 aromatic rings. The molecular formula is C25H23F2N5O3. The van der Waals surface area contributed by atoms with E-state index in [9.17, 15) is 28.7 Å². The van der Waals surface area contributed by atoms with E-state index in [-0.39, 0.29) is 34.9 Å². The number of benzene rings is 1. The van der Waals surface area contributed by atoms with E-state index in [0.717, 1.165) is 5.56 Å². The molecule has 1 aromatic carbocycles. The van der Waals surface area contributed by atoms with Gasteiger partial charge in [0.1, 0.15) is 11.7 Å². The van der Waals surface area contributed by atoms with E-state index in [1.165, 1.54) is 15.4 Å². The van der Waals surface area contributed by atoms with Crippen molar-refractivity contribution in [3.63, 3.8) is 0 Å². The van der Waals surface area contributed by atoms with E-state index < -0.39 is 29.5 Å². The van der Waals surface area contributed by atoms with Crippen molar-refractivity contribution in [2.75, 3.05) is 16.8 Å². The molecule has 5 rings (SSSR count). The quantitative estimate of drug-likeness (QED) is 0.570. The third-order valence-electron chi connectivity index (χ3n) is 6.89. The highest BCUT2D eigenvalue weighted by Crippen LogP contribution is 2.49. The van der Waals surface area contributed by atoms with E-state index >= 15 is 0 Å². The van der Waals surface area contributed by atoms with Crippen molar-refractivity contribution >= 4 is 23.1 Å². The maximum atomic E-state index is 14.5. The minimum Gasteiger partial charge on any atom is -0.478 e. The van der Waals surface area contributed by atoms with Crippen molar-refractivity contribution in [2.24, 2.45) is 5.92 Å². The molecule has 2 aromatic heterocycles. The van der Waals surface area contributed by atoms with E-state index in [0.29, 0.717) is 24.2 Å². The Hall–Kier alpha value is -4.00. The Bertz CT molecular complexity index is 1460. The summed E-state index contributed by atoms with van der Waals surface area (Å²) in [5.41, 5.74) is 1.11. The number of rotatable bonds is 5. The van der Waals surface area contributed by atoms with Crippen LogP contribution in [0.3, 0.4) is 0 Å². The highest BCUT2D eigenvalue weighted by Gasteiger charge is 2.57. The van der Waals surface area contributed by atoms with Gasteiger partial charge in [-0.25, -0.2) is 18.6 Å². The Balaban J connectivity index is 1.65. The van der Waals surface area contributed by atoms with Gasteiger partial charge in [0, 0.05) is 30.4 Å². The van der Waals surface area contributed by atoms with Gasteiger partial charge in [0.25, 0.3) is 11.5 Å². The summed E-state index contributed by atoms with van der Waals surface area (Å²) in [6, 6.07) is 8.55. The maximum Gasteiger partial charge on any atom is 0.337 e. The van der Waals surface area contributed by atoms with Gasteiger partial charge in [-0.15, -0.1) is 0 Å². The Morgan fingerprint density at radius 1 is 1.37 bits per heavy atom. The summed E-state index contributed by atoms with van der Waals surface area (Å²) in [5.74, 6) is -4.23. The van der Waals surface area contributed by atoms with Gasteiger partial charge in [-0.1, -0.05) is 12.1 Å². The molecule has 2 fully saturated rings. The summed E-state index contributed by atoms with van der Waals surface area (Å²) in [4.78, 5) is 31.0. The molecule has 1 saturated carbocycles. The molecule has 1 saturated heterocycles. The van der Waals surface area contributed by atoms with Gasteiger partial charge in [-0.3, -0.25) is 9.20 Å². The Morgan fingerprint density at radius 3 is 2.77 bits per heavy atom. The molecule has 8 nitrogen and oxygen atoms in total. The number of nitriles is 1. The van der Waals surface area contributed by atoms with Crippen LogP contribution >= 0.6 is 0 Å². The second-order valence-electron chi connectivity index (χ2n) is 9.35. The number of fused-ring (bicyclic) bond motifs is 3. The van der Waals surface area contributed by atoms with Crippen LogP contribution in [0.5, 0.6) is 0 Å². The molecule has 10 heteroatoms. The zero-order valence-electron chi connectivity index (χ0n) is 19.1. The van der Waals surface area contributed by atoms with Crippen LogP contribution in [0.15, 0.2) is 41.3 Å². The number of hydrogen-bond donors (Lipinski definition) is 2. The summed E-state index contributed by atoms with van der Waals surface area (Å²) in [5, 5.41) is 22.4. The number of nitrogens with zero attached hydrogens (tertiary/aromatic N) is 4.